The Hall–Kier alpha value is -2.60. The summed E-state index contributed by atoms with van der Waals surface area (Å²) in [6.07, 6.45) is 0.0979. The molecule has 0 radical (unpaired) electrons. The van der Waals surface area contributed by atoms with Crippen LogP contribution in [0.25, 0.3) is 0 Å². The zero-order chi connectivity index (χ0) is 16.9. The normalized spacial score (nSPS) is 19.5. The summed E-state index contributed by atoms with van der Waals surface area (Å²) in [5, 5.41) is -0.0721. The number of amidine groups is 1. The van der Waals surface area contributed by atoms with Crippen LogP contribution in [0.2, 0.25) is 0 Å². The summed E-state index contributed by atoms with van der Waals surface area (Å²) in [4.78, 5) is 30.2. The van der Waals surface area contributed by atoms with Crippen molar-refractivity contribution in [3.05, 3.63) is 66.2 Å². The van der Waals surface area contributed by atoms with Gasteiger partial charge in [-0.2, -0.15) is 0 Å². The average molecular weight is 339 g/mol. The van der Waals surface area contributed by atoms with Gasteiger partial charge in [-0.05, 0) is 17.7 Å². The van der Waals surface area contributed by atoms with Crippen molar-refractivity contribution in [2.45, 2.75) is 18.2 Å². The summed E-state index contributed by atoms with van der Waals surface area (Å²) in [5.74, 6) is -0.635. The molecule has 3 rings (SSSR count). The van der Waals surface area contributed by atoms with Gasteiger partial charge in [-0.3, -0.25) is 14.5 Å². The quantitative estimate of drug-likeness (QED) is 0.930. The Balaban J connectivity index is 1.92. The molecule has 1 atom stereocenters. The SMILES string of the molecule is NC(=O)[C@@H]1CC(=O)N(Cc2ccccc2)C(=Nc2ccccc2)S1. The number of hydrogen-bond acceptors (Lipinski definition) is 4. The fourth-order valence-corrected chi connectivity index (χ4v) is 3.44. The molecule has 1 aliphatic heterocycles. The minimum absolute atomic E-state index is 0.0979. The first-order valence-electron chi connectivity index (χ1n) is 7.57. The summed E-state index contributed by atoms with van der Waals surface area (Å²) in [5.41, 5.74) is 7.13. The van der Waals surface area contributed by atoms with Crippen LogP contribution in [-0.4, -0.2) is 27.1 Å². The van der Waals surface area contributed by atoms with E-state index in [1.165, 1.54) is 11.8 Å². The third kappa shape index (κ3) is 3.83. The minimum Gasteiger partial charge on any atom is -0.369 e. The van der Waals surface area contributed by atoms with Crippen LogP contribution in [0.4, 0.5) is 5.69 Å². The van der Waals surface area contributed by atoms with Gasteiger partial charge in [0.05, 0.1) is 17.5 Å². The number of para-hydroxylation sites is 1. The van der Waals surface area contributed by atoms with E-state index >= 15 is 0 Å². The van der Waals surface area contributed by atoms with E-state index in [0.29, 0.717) is 11.7 Å². The lowest BCUT2D eigenvalue weighted by Crippen LogP contribution is -2.45. The number of primary amides is 1. The van der Waals surface area contributed by atoms with E-state index in [-0.39, 0.29) is 12.3 Å². The highest BCUT2D eigenvalue weighted by Crippen LogP contribution is 2.29. The first kappa shape index (κ1) is 16.3. The first-order chi connectivity index (χ1) is 11.6. The molecular weight excluding hydrogens is 322 g/mol. The van der Waals surface area contributed by atoms with Gasteiger partial charge in [0.2, 0.25) is 11.8 Å². The largest absolute Gasteiger partial charge is 0.369 e. The minimum atomic E-state index is -0.577. The number of nitrogens with two attached hydrogens (primary N) is 1. The standard InChI is InChI=1S/C18H17N3O2S/c19-17(23)15-11-16(22)21(12-13-7-3-1-4-8-13)18(24-15)20-14-9-5-2-6-10-14/h1-10,15H,11-12H2,(H2,19,23)/t15-/m0/s1. The molecule has 0 spiro atoms. The van der Waals surface area contributed by atoms with Gasteiger partial charge in [0, 0.05) is 6.42 Å². The highest BCUT2D eigenvalue weighted by atomic mass is 32.2. The molecule has 0 unspecified atom stereocenters. The fourth-order valence-electron chi connectivity index (χ4n) is 2.39. The number of carbonyl (C=O) groups is 2. The third-order valence-electron chi connectivity index (χ3n) is 3.62. The van der Waals surface area contributed by atoms with E-state index in [1.54, 1.807) is 4.90 Å². The van der Waals surface area contributed by atoms with Gasteiger partial charge in [-0.25, -0.2) is 4.99 Å². The molecule has 2 N–H and O–H groups in total. The molecule has 0 bridgehead atoms. The van der Waals surface area contributed by atoms with Crippen molar-refractivity contribution in [2.75, 3.05) is 0 Å². The summed E-state index contributed by atoms with van der Waals surface area (Å²) in [7, 11) is 0. The van der Waals surface area contributed by atoms with Crippen LogP contribution in [0.5, 0.6) is 0 Å². The van der Waals surface area contributed by atoms with Crippen molar-refractivity contribution >= 4 is 34.4 Å². The van der Waals surface area contributed by atoms with Crippen LogP contribution >= 0.6 is 11.8 Å². The summed E-state index contributed by atoms with van der Waals surface area (Å²) >= 11 is 1.25. The average Bonchev–Trinajstić information content (AvgIpc) is 2.59. The maximum Gasteiger partial charge on any atom is 0.231 e. The second-order valence-electron chi connectivity index (χ2n) is 5.41. The van der Waals surface area contributed by atoms with Crippen molar-refractivity contribution < 1.29 is 9.59 Å². The maximum atomic E-state index is 12.5. The highest BCUT2D eigenvalue weighted by Gasteiger charge is 2.34. The molecule has 6 heteroatoms. The molecule has 2 aromatic carbocycles. The highest BCUT2D eigenvalue weighted by molar-refractivity contribution is 8.15. The smallest absolute Gasteiger partial charge is 0.231 e. The van der Waals surface area contributed by atoms with Gasteiger partial charge in [-0.15, -0.1) is 0 Å². The molecular formula is C18H17N3O2S. The van der Waals surface area contributed by atoms with Gasteiger partial charge >= 0.3 is 0 Å². The second-order valence-corrected chi connectivity index (χ2v) is 6.58. The number of benzene rings is 2. The number of carbonyl (C=O) groups excluding carboxylic acids is 2. The van der Waals surface area contributed by atoms with Crippen molar-refractivity contribution in [3.8, 4) is 0 Å². The monoisotopic (exact) mass is 339 g/mol. The number of rotatable bonds is 4. The molecule has 122 valence electrons. The molecule has 1 saturated heterocycles. The number of thioether (sulfide) groups is 1. The Morgan fingerprint density at radius 1 is 1.12 bits per heavy atom. The molecule has 1 aliphatic rings. The predicted octanol–water partition coefficient (Wildman–Crippen LogP) is 2.69. The summed E-state index contributed by atoms with van der Waals surface area (Å²) < 4.78 is 0. The Morgan fingerprint density at radius 3 is 2.38 bits per heavy atom. The molecule has 24 heavy (non-hydrogen) atoms. The van der Waals surface area contributed by atoms with E-state index in [0.717, 1.165) is 11.3 Å². The van der Waals surface area contributed by atoms with Crippen LogP contribution < -0.4 is 5.73 Å². The molecule has 1 heterocycles. The third-order valence-corrected chi connectivity index (χ3v) is 4.83. The zero-order valence-electron chi connectivity index (χ0n) is 13.0. The van der Waals surface area contributed by atoms with Crippen LogP contribution in [-0.2, 0) is 16.1 Å². The van der Waals surface area contributed by atoms with Gasteiger partial charge in [0.25, 0.3) is 0 Å². The van der Waals surface area contributed by atoms with Gasteiger partial charge in [-0.1, -0.05) is 60.3 Å². The van der Waals surface area contributed by atoms with Crippen molar-refractivity contribution in [2.24, 2.45) is 10.7 Å². The maximum absolute atomic E-state index is 12.5. The summed E-state index contributed by atoms with van der Waals surface area (Å²) in [6, 6.07) is 19.1. The molecule has 2 amide bonds. The predicted molar refractivity (Wildman–Crippen MR) is 95.7 cm³/mol. The lowest BCUT2D eigenvalue weighted by Gasteiger charge is -2.31. The fraction of sp³-hybridized carbons (Fsp3) is 0.167. The molecule has 1 fully saturated rings. The second kappa shape index (κ2) is 7.31. The topological polar surface area (TPSA) is 75.8 Å². The van der Waals surface area contributed by atoms with E-state index in [9.17, 15) is 9.59 Å². The Labute approximate surface area is 144 Å². The molecule has 5 nitrogen and oxygen atoms in total. The molecule has 0 aliphatic carbocycles. The van der Waals surface area contributed by atoms with Crippen LogP contribution in [0, 0.1) is 0 Å². The van der Waals surface area contributed by atoms with E-state index in [2.05, 4.69) is 4.99 Å². The van der Waals surface area contributed by atoms with E-state index < -0.39 is 11.2 Å². The molecule has 2 aromatic rings. The number of aliphatic imine (C=N–C) groups is 1. The van der Waals surface area contributed by atoms with Crippen LogP contribution in [0.3, 0.4) is 0 Å². The Bertz CT molecular complexity index is 762. The number of nitrogens with zero attached hydrogens (tertiary/aromatic N) is 2. The molecule has 0 saturated carbocycles. The van der Waals surface area contributed by atoms with Crippen LogP contribution in [0.1, 0.15) is 12.0 Å². The van der Waals surface area contributed by atoms with Crippen molar-refractivity contribution in [1.82, 2.24) is 4.90 Å². The summed E-state index contributed by atoms with van der Waals surface area (Å²) in [6.45, 7) is 0.420. The van der Waals surface area contributed by atoms with Crippen LogP contribution in [0.15, 0.2) is 65.7 Å². The Morgan fingerprint density at radius 2 is 1.75 bits per heavy atom. The molecule has 0 aromatic heterocycles. The lowest BCUT2D eigenvalue weighted by atomic mass is 10.2. The van der Waals surface area contributed by atoms with Gasteiger partial charge in [0.15, 0.2) is 5.17 Å². The zero-order valence-corrected chi connectivity index (χ0v) is 13.8. The van der Waals surface area contributed by atoms with E-state index in [1.807, 2.05) is 60.7 Å². The Kier molecular flexibility index (Phi) is 4.96. The van der Waals surface area contributed by atoms with E-state index in [4.69, 9.17) is 5.73 Å². The first-order valence-corrected chi connectivity index (χ1v) is 8.45. The number of amides is 2. The number of hydrogen-bond donors (Lipinski definition) is 1. The van der Waals surface area contributed by atoms with Crippen molar-refractivity contribution in [3.63, 3.8) is 0 Å². The van der Waals surface area contributed by atoms with Crippen molar-refractivity contribution in [1.29, 1.82) is 0 Å². The lowest BCUT2D eigenvalue weighted by molar-refractivity contribution is -0.130. The van der Waals surface area contributed by atoms with Gasteiger partial charge in [0.1, 0.15) is 0 Å². The van der Waals surface area contributed by atoms with Gasteiger partial charge < -0.3 is 5.73 Å².